The Kier molecular flexibility index (Phi) is 7.24. The van der Waals surface area contributed by atoms with Gasteiger partial charge in [-0.2, -0.15) is 0 Å². The molecule has 102 valence electrons. The van der Waals surface area contributed by atoms with Gasteiger partial charge in [-0.3, -0.25) is 0 Å². The number of rotatable bonds is 9. The van der Waals surface area contributed by atoms with E-state index in [1.54, 1.807) is 0 Å². The molecule has 18 heavy (non-hydrogen) atoms. The van der Waals surface area contributed by atoms with E-state index >= 15 is 0 Å². The molecular formula is C15H27NOSi. The molecule has 0 aliphatic carbocycles. The maximum absolute atomic E-state index is 5.59. The molecule has 0 saturated carbocycles. The summed E-state index contributed by atoms with van der Waals surface area (Å²) in [5.41, 5.74) is 1.44. The molecule has 0 saturated heterocycles. The van der Waals surface area contributed by atoms with Crippen molar-refractivity contribution in [1.82, 2.24) is 4.98 Å². The van der Waals surface area contributed by atoms with Crippen molar-refractivity contribution in [3.8, 4) is 0 Å². The third kappa shape index (κ3) is 8.45. The Morgan fingerprint density at radius 1 is 1.00 bits per heavy atom. The molecule has 0 heterocycles. The van der Waals surface area contributed by atoms with E-state index in [4.69, 9.17) is 4.74 Å². The lowest BCUT2D eigenvalue weighted by Crippen LogP contribution is -2.42. The summed E-state index contributed by atoms with van der Waals surface area (Å²) < 4.78 is 5.59. The summed E-state index contributed by atoms with van der Waals surface area (Å²) in [6.07, 6.45) is 4.87. The second-order valence-electron chi connectivity index (χ2n) is 5.78. The van der Waals surface area contributed by atoms with E-state index in [9.17, 15) is 0 Å². The normalized spacial score (nSPS) is 11.7. The first-order valence-corrected chi connectivity index (χ1v) is 10.4. The van der Waals surface area contributed by atoms with Gasteiger partial charge in [0.25, 0.3) is 0 Å². The van der Waals surface area contributed by atoms with Gasteiger partial charge in [0.15, 0.2) is 0 Å². The average molecular weight is 265 g/mol. The topological polar surface area (TPSA) is 21.3 Å². The molecule has 1 aromatic carbocycles. The van der Waals surface area contributed by atoms with Gasteiger partial charge in [-0.1, -0.05) is 56.4 Å². The van der Waals surface area contributed by atoms with E-state index in [1.165, 1.54) is 31.2 Å². The molecule has 3 heteroatoms. The molecule has 1 N–H and O–H groups in total. The van der Waals surface area contributed by atoms with E-state index in [0.717, 1.165) is 6.61 Å². The highest BCUT2D eigenvalue weighted by Gasteiger charge is 2.10. The Morgan fingerprint density at radius 2 is 1.72 bits per heavy atom. The largest absolute Gasteiger partial charge is 0.367 e. The summed E-state index contributed by atoms with van der Waals surface area (Å²) >= 11 is 0. The molecule has 0 bridgehead atoms. The molecule has 0 aliphatic heterocycles. The van der Waals surface area contributed by atoms with Crippen molar-refractivity contribution < 1.29 is 4.74 Å². The molecule has 2 nitrogen and oxygen atoms in total. The SMILES string of the molecule is C[Si](C)(C)NCOCCCCCc1ccccc1. The summed E-state index contributed by atoms with van der Waals surface area (Å²) in [5, 5.41) is 0. The van der Waals surface area contributed by atoms with E-state index in [0.29, 0.717) is 6.73 Å². The molecule has 0 aliphatic rings. The first-order valence-electron chi connectivity index (χ1n) is 6.95. The van der Waals surface area contributed by atoms with Crippen LogP contribution in [0.5, 0.6) is 0 Å². The minimum absolute atomic E-state index is 0.717. The van der Waals surface area contributed by atoms with Crippen molar-refractivity contribution in [3.63, 3.8) is 0 Å². The lowest BCUT2D eigenvalue weighted by atomic mass is 10.1. The number of nitrogens with one attached hydrogen (secondary N) is 1. The van der Waals surface area contributed by atoms with Gasteiger partial charge < -0.3 is 9.72 Å². The van der Waals surface area contributed by atoms with Gasteiger partial charge in [0.1, 0.15) is 8.24 Å². The van der Waals surface area contributed by atoms with Crippen molar-refractivity contribution in [2.24, 2.45) is 0 Å². The van der Waals surface area contributed by atoms with Crippen LogP contribution in [0.3, 0.4) is 0 Å². The van der Waals surface area contributed by atoms with E-state index in [1.807, 2.05) is 0 Å². The highest BCUT2D eigenvalue weighted by molar-refractivity contribution is 6.73. The van der Waals surface area contributed by atoms with Crippen LogP contribution in [-0.4, -0.2) is 21.6 Å². The second-order valence-corrected chi connectivity index (χ2v) is 10.6. The van der Waals surface area contributed by atoms with Gasteiger partial charge >= 0.3 is 0 Å². The summed E-state index contributed by atoms with van der Waals surface area (Å²) in [7, 11) is -1.15. The molecule has 0 unspecified atom stereocenters. The predicted octanol–water partition coefficient (Wildman–Crippen LogP) is 3.80. The number of ether oxygens (including phenoxy) is 1. The lowest BCUT2D eigenvalue weighted by molar-refractivity contribution is 0.125. The van der Waals surface area contributed by atoms with Crippen molar-refractivity contribution in [1.29, 1.82) is 0 Å². The van der Waals surface area contributed by atoms with Crippen LogP contribution in [-0.2, 0) is 11.2 Å². The zero-order chi connectivity index (χ0) is 13.3. The molecule has 0 spiro atoms. The number of hydrogen-bond donors (Lipinski definition) is 1. The molecule has 0 fully saturated rings. The standard InChI is InChI=1S/C15H27NOSi/c1-18(2,3)16-14-17-13-9-5-8-12-15-10-6-4-7-11-15/h4,6-7,10-11,16H,5,8-9,12-14H2,1-3H3. The minimum atomic E-state index is -1.15. The van der Waals surface area contributed by atoms with E-state index in [2.05, 4.69) is 55.0 Å². The molecule has 0 amide bonds. The summed E-state index contributed by atoms with van der Waals surface area (Å²) in [5.74, 6) is 0. The fourth-order valence-electron chi connectivity index (χ4n) is 1.69. The fraction of sp³-hybridized carbons (Fsp3) is 0.600. The number of aryl methyl sites for hydroxylation is 1. The zero-order valence-electron chi connectivity index (χ0n) is 12.0. The quantitative estimate of drug-likeness (QED) is 0.416. The van der Waals surface area contributed by atoms with Crippen LogP contribution in [0.2, 0.25) is 19.6 Å². The molecule has 1 aromatic rings. The third-order valence-electron chi connectivity index (χ3n) is 2.80. The fourth-order valence-corrected chi connectivity index (χ4v) is 2.23. The van der Waals surface area contributed by atoms with Gasteiger partial charge in [0, 0.05) is 6.61 Å². The molecular weight excluding hydrogens is 238 g/mol. The van der Waals surface area contributed by atoms with Crippen LogP contribution in [0.25, 0.3) is 0 Å². The van der Waals surface area contributed by atoms with Crippen molar-refractivity contribution in [2.45, 2.75) is 45.3 Å². The Balaban J connectivity index is 1.90. The molecule has 0 atom stereocenters. The van der Waals surface area contributed by atoms with Gasteiger partial charge in [-0.05, 0) is 24.8 Å². The monoisotopic (exact) mass is 265 g/mol. The Morgan fingerprint density at radius 3 is 2.39 bits per heavy atom. The Hall–Kier alpha value is -0.643. The third-order valence-corrected chi connectivity index (χ3v) is 4.01. The van der Waals surface area contributed by atoms with Gasteiger partial charge in [0.2, 0.25) is 0 Å². The van der Waals surface area contributed by atoms with Gasteiger partial charge in [-0.25, -0.2) is 0 Å². The molecule has 0 aromatic heterocycles. The second kappa shape index (κ2) is 8.46. The van der Waals surface area contributed by atoms with E-state index in [-0.39, 0.29) is 0 Å². The number of hydrogen-bond acceptors (Lipinski definition) is 2. The van der Waals surface area contributed by atoms with Crippen LogP contribution in [0.15, 0.2) is 30.3 Å². The summed E-state index contributed by atoms with van der Waals surface area (Å²) in [4.78, 5) is 3.46. The van der Waals surface area contributed by atoms with Crippen LogP contribution in [0.1, 0.15) is 24.8 Å². The van der Waals surface area contributed by atoms with Crippen molar-refractivity contribution in [2.75, 3.05) is 13.3 Å². The smallest absolute Gasteiger partial charge is 0.118 e. The lowest BCUT2D eigenvalue weighted by Gasteiger charge is -2.17. The van der Waals surface area contributed by atoms with Gasteiger partial charge in [0.05, 0.1) is 6.73 Å². The Labute approximate surface area is 113 Å². The summed E-state index contributed by atoms with van der Waals surface area (Å²) in [6, 6.07) is 10.7. The average Bonchev–Trinajstić information content (AvgIpc) is 2.32. The highest BCUT2D eigenvalue weighted by Crippen LogP contribution is 2.06. The predicted molar refractivity (Wildman–Crippen MR) is 81.3 cm³/mol. The first kappa shape index (κ1) is 15.4. The van der Waals surface area contributed by atoms with Crippen LogP contribution in [0, 0.1) is 0 Å². The Bertz CT molecular complexity index is 308. The number of unbranched alkanes of at least 4 members (excludes halogenated alkanes) is 2. The number of benzene rings is 1. The zero-order valence-corrected chi connectivity index (χ0v) is 13.0. The van der Waals surface area contributed by atoms with Crippen molar-refractivity contribution in [3.05, 3.63) is 35.9 Å². The maximum atomic E-state index is 5.59. The minimum Gasteiger partial charge on any atom is -0.367 e. The van der Waals surface area contributed by atoms with E-state index < -0.39 is 8.24 Å². The molecule has 0 radical (unpaired) electrons. The summed E-state index contributed by atoms with van der Waals surface area (Å²) in [6.45, 7) is 8.46. The van der Waals surface area contributed by atoms with Crippen LogP contribution in [0.4, 0.5) is 0 Å². The highest BCUT2D eigenvalue weighted by atomic mass is 28.3. The van der Waals surface area contributed by atoms with Crippen LogP contribution < -0.4 is 4.98 Å². The van der Waals surface area contributed by atoms with Crippen molar-refractivity contribution >= 4 is 8.24 Å². The van der Waals surface area contributed by atoms with Crippen LogP contribution >= 0.6 is 0 Å². The maximum Gasteiger partial charge on any atom is 0.118 e. The molecule has 1 rings (SSSR count). The first-order chi connectivity index (χ1) is 8.58. The van der Waals surface area contributed by atoms with Gasteiger partial charge in [-0.15, -0.1) is 0 Å².